The van der Waals surface area contributed by atoms with E-state index in [2.05, 4.69) is 10.6 Å². The van der Waals surface area contributed by atoms with Gasteiger partial charge in [0.15, 0.2) is 0 Å². The topological polar surface area (TPSA) is 59.6 Å². The molecule has 2 N–H and O–H groups in total. The van der Waals surface area contributed by atoms with Gasteiger partial charge in [-0.25, -0.2) is 4.79 Å². The second-order valence-electron chi connectivity index (χ2n) is 6.05. The molecule has 24 heavy (non-hydrogen) atoms. The van der Waals surface area contributed by atoms with Crippen LogP contribution in [0.5, 0.6) is 11.5 Å². The minimum atomic E-state index is -0.215. The molecule has 0 radical (unpaired) electrons. The van der Waals surface area contributed by atoms with Gasteiger partial charge in [0.2, 0.25) is 0 Å². The fourth-order valence-corrected chi connectivity index (χ4v) is 2.94. The zero-order valence-corrected chi connectivity index (χ0v) is 14.2. The maximum atomic E-state index is 12.3. The number of hydrogen-bond acceptors (Lipinski definition) is 3. The van der Waals surface area contributed by atoms with Gasteiger partial charge in [0, 0.05) is 5.69 Å². The second-order valence-corrected chi connectivity index (χ2v) is 6.05. The van der Waals surface area contributed by atoms with Crippen LogP contribution in [0.2, 0.25) is 0 Å². The maximum Gasteiger partial charge on any atom is 0.319 e. The van der Waals surface area contributed by atoms with Gasteiger partial charge in [-0.15, -0.1) is 0 Å². The first-order valence-corrected chi connectivity index (χ1v) is 8.00. The van der Waals surface area contributed by atoms with Crippen LogP contribution in [-0.4, -0.2) is 25.8 Å². The summed E-state index contributed by atoms with van der Waals surface area (Å²) in [5.41, 5.74) is 3.98. The number of ether oxygens (including phenoxy) is 2. The number of para-hydroxylation sites is 1. The van der Waals surface area contributed by atoms with E-state index in [9.17, 15) is 4.79 Å². The van der Waals surface area contributed by atoms with E-state index >= 15 is 0 Å². The lowest BCUT2D eigenvalue weighted by Gasteiger charge is -2.26. The van der Waals surface area contributed by atoms with Crippen molar-refractivity contribution < 1.29 is 14.3 Å². The fourth-order valence-electron chi connectivity index (χ4n) is 2.94. The van der Waals surface area contributed by atoms with E-state index in [1.54, 1.807) is 7.11 Å². The summed E-state index contributed by atoms with van der Waals surface area (Å²) in [5.74, 6) is 1.64. The lowest BCUT2D eigenvalue weighted by atomic mass is 10.0. The van der Waals surface area contributed by atoms with Crippen LogP contribution in [0.4, 0.5) is 10.5 Å². The summed E-state index contributed by atoms with van der Waals surface area (Å²) >= 11 is 0. The number of aryl methyl sites for hydroxylation is 2. The average molecular weight is 326 g/mol. The van der Waals surface area contributed by atoms with E-state index in [1.165, 1.54) is 0 Å². The molecule has 1 heterocycles. The summed E-state index contributed by atoms with van der Waals surface area (Å²) in [5, 5.41) is 5.93. The summed E-state index contributed by atoms with van der Waals surface area (Å²) in [6.45, 7) is 4.42. The molecule has 1 aliphatic heterocycles. The number of carbonyl (C=O) groups is 1. The largest absolute Gasteiger partial charge is 0.497 e. The number of nitrogens with one attached hydrogen (secondary N) is 2. The Bertz CT molecular complexity index is 738. The first kappa shape index (κ1) is 16.2. The predicted octanol–water partition coefficient (Wildman–Crippen LogP) is 3.44. The van der Waals surface area contributed by atoms with E-state index in [4.69, 9.17) is 9.47 Å². The van der Waals surface area contributed by atoms with Gasteiger partial charge in [-0.1, -0.05) is 18.2 Å². The van der Waals surface area contributed by atoms with E-state index in [1.807, 2.05) is 50.2 Å². The summed E-state index contributed by atoms with van der Waals surface area (Å²) < 4.78 is 11.0. The van der Waals surface area contributed by atoms with Gasteiger partial charge in [-0.2, -0.15) is 0 Å². The van der Waals surface area contributed by atoms with Gasteiger partial charge in [-0.3, -0.25) is 0 Å². The Morgan fingerprint density at radius 3 is 2.67 bits per heavy atom. The normalized spacial score (nSPS) is 15.9. The van der Waals surface area contributed by atoms with Gasteiger partial charge in [0.25, 0.3) is 0 Å². The van der Waals surface area contributed by atoms with Crippen LogP contribution in [0.15, 0.2) is 36.4 Å². The third kappa shape index (κ3) is 3.45. The summed E-state index contributed by atoms with van der Waals surface area (Å²) in [4.78, 5) is 12.3. The van der Waals surface area contributed by atoms with Gasteiger partial charge in [0.05, 0.1) is 13.2 Å². The van der Waals surface area contributed by atoms with Crippen LogP contribution in [0, 0.1) is 13.8 Å². The molecule has 0 aromatic heterocycles. The van der Waals surface area contributed by atoms with E-state index in [-0.39, 0.29) is 12.1 Å². The Morgan fingerprint density at radius 1 is 1.21 bits per heavy atom. The zero-order valence-electron chi connectivity index (χ0n) is 14.2. The van der Waals surface area contributed by atoms with Crippen molar-refractivity contribution in [1.82, 2.24) is 5.32 Å². The Kier molecular flexibility index (Phi) is 4.60. The van der Waals surface area contributed by atoms with Crippen LogP contribution < -0.4 is 20.1 Å². The number of anilines is 1. The van der Waals surface area contributed by atoms with Crippen molar-refractivity contribution in [3.63, 3.8) is 0 Å². The first-order chi connectivity index (χ1) is 11.6. The molecule has 126 valence electrons. The van der Waals surface area contributed by atoms with E-state index in [0.717, 1.165) is 33.9 Å². The van der Waals surface area contributed by atoms with Crippen LogP contribution in [0.25, 0.3) is 0 Å². The molecule has 5 heteroatoms. The van der Waals surface area contributed by atoms with Crippen molar-refractivity contribution in [2.45, 2.75) is 26.3 Å². The number of methoxy groups -OCH3 is 1. The molecule has 0 saturated carbocycles. The molecule has 5 nitrogen and oxygen atoms in total. The Balaban J connectivity index is 1.65. The van der Waals surface area contributed by atoms with Crippen molar-refractivity contribution in [3.05, 3.63) is 53.1 Å². The smallest absolute Gasteiger partial charge is 0.319 e. The van der Waals surface area contributed by atoms with Crippen LogP contribution in [-0.2, 0) is 6.42 Å². The Labute approximate surface area is 142 Å². The fraction of sp³-hybridized carbons (Fsp3) is 0.316. The number of benzene rings is 2. The van der Waals surface area contributed by atoms with Gasteiger partial charge < -0.3 is 20.1 Å². The van der Waals surface area contributed by atoms with Crippen molar-refractivity contribution in [2.75, 3.05) is 19.0 Å². The highest BCUT2D eigenvalue weighted by Gasteiger charge is 2.22. The molecule has 0 bridgehead atoms. The SMILES string of the molecule is COc1ccc2c(c1)C[C@@H](NC(=O)Nc1c(C)cccc1C)CO2. The molecule has 3 rings (SSSR count). The molecule has 0 aliphatic carbocycles. The van der Waals surface area contributed by atoms with Crippen LogP contribution in [0.3, 0.4) is 0 Å². The van der Waals surface area contributed by atoms with E-state index < -0.39 is 0 Å². The lowest BCUT2D eigenvalue weighted by Crippen LogP contribution is -2.44. The van der Waals surface area contributed by atoms with Gasteiger partial charge >= 0.3 is 6.03 Å². The molecule has 2 amide bonds. The number of fused-ring (bicyclic) bond motifs is 1. The van der Waals surface area contributed by atoms with Gasteiger partial charge in [0.1, 0.15) is 18.1 Å². The summed E-state index contributed by atoms with van der Waals surface area (Å²) in [6.07, 6.45) is 0.715. The lowest BCUT2D eigenvalue weighted by molar-refractivity contribution is 0.222. The number of amides is 2. The highest BCUT2D eigenvalue weighted by Crippen LogP contribution is 2.28. The van der Waals surface area contributed by atoms with Crippen LogP contribution >= 0.6 is 0 Å². The summed E-state index contributed by atoms with van der Waals surface area (Å²) in [6, 6.07) is 11.4. The Hall–Kier alpha value is -2.69. The molecule has 0 saturated heterocycles. The first-order valence-electron chi connectivity index (χ1n) is 8.00. The number of rotatable bonds is 3. The molecule has 0 fully saturated rings. The van der Waals surface area contributed by atoms with Gasteiger partial charge in [-0.05, 0) is 55.2 Å². The highest BCUT2D eigenvalue weighted by molar-refractivity contribution is 5.91. The Morgan fingerprint density at radius 2 is 1.96 bits per heavy atom. The monoisotopic (exact) mass is 326 g/mol. The van der Waals surface area contributed by atoms with E-state index in [0.29, 0.717) is 13.0 Å². The minimum Gasteiger partial charge on any atom is -0.497 e. The molecular formula is C19H22N2O3. The number of hydrogen-bond donors (Lipinski definition) is 2. The summed E-state index contributed by atoms with van der Waals surface area (Å²) in [7, 11) is 1.64. The molecular weight excluding hydrogens is 304 g/mol. The second kappa shape index (κ2) is 6.83. The number of urea groups is 1. The number of carbonyl (C=O) groups excluding carboxylic acids is 1. The molecule has 2 aromatic carbocycles. The zero-order chi connectivity index (χ0) is 17.1. The molecule has 0 unspecified atom stereocenters. The molecule has 1 atom stereocenters. The van der Waals surface area contributed by atoms with Crippen molar-refractivity contribution in [3.8, 4) is 11.5 Å². The molecule has 0 spiro atoms. The van der Waals surface area contributed by atoms with Crippen LogP contribution in [0.1, 0.15) is 16.7 Å². The quantitative estimate of drug-likeness (QED) is 0.908. The minimum absolute atomic E-state index is 0.0751. The third-order valence-electron chi connectivity index (χ3n) is 4.23. The molecule has 2 aromatic rings. The predicted molar refractivity (Wildman–Crippen MR) is 94.1 cm³/mol. The standard InChI is InChI=1S/C19H22N2O3/c1-12-5-4-6-13(2)18(12)21-19(22)20-15-9-14-10-16(23-3)7-8-17(14)24-11-15/h4-8,10,15H,9,11H2,1-3H3,(H2,20,21,22)/t15-/m1/s1. The third-order valence-corrected chi connectivity index (χ3v) is 4.23. The van der Waals surface area contributed by atoms with Crippen molar-refractivity contribution in [2.24, 2.45) is 0 Å². The van der Waals surface area contributed by atoms with Crippen molar-refractivity contribution in [1.29, 1.82) is 0 Å². The molecule has 1 aliphatic rings. The maximum absolute atomic E-state index is 12.3. The highest BCUT2D eigenvalue weighted by atomic mass is 16.5. The average Bonchev–Trinajstić information content (AvgIpc) is 2.57. The van der Waals surface area contributed by atoms with Crippen molar-refractivity contribution >= 4 is 11.7 Å².